The van der Waals surface area contributed by atoms with Crippen LogP contribution in [0.5, 0.6) is 0 Å². The highest BCUT2D eigenvalue weighted by atomic mass is 31.2. The predicted molar refractivity (Wildman–Crippen MR) is 220 cm³/mol. The molecule has 240 valence electrons. The van der Waals surface area contributed by atoms with Crippen LogP contribution in [0, 0.1) is 0 Å². The highest BCUT2D eigenvalue weighted by molar-refractivity contribution is 8.01. The average molecular weight is 670 g/mol. The molecule has 10 aromatic rings. The Kier molecular flexibility index (Phi) is 6.98. The van der Waals surface area contributed by atoms with Crippen molar-refractivity contribution in [1.82, 2.24) is 9.13 Å². The first kappa shape index (κ1) is 29.7. The number of para-hydroxylation sites is 4. The fourth-order valence-corrected chi connectivity index (χ4v) is 12.5. The maximum atomic E-state index is 2.50. The third-order valence-electron chi connectivity index (χ3n) is 10.4. The van der Waals surface area contributed by atoms with Crippen molar-refractivity contribution in [3.63, 3.8) is 0 Å². The number of aromatic nitrogens is 2. The van der Waals surface area contributed by atoms with E-state index in [2.05, 4.69) is 215 Å². The summed E-state index contributed by atoms with van der Waals surface area (Å²) < 4.78 is 4.81. The molecular formula is C48H34N2P+. The molecule has 2 aromatic heterocycles. The molecule has 0 bridgehead atoms. The van der Waals surface area contributed by atoms with Crippen LogP contribution in [0.2, 0.25) is 0 Å². The second-order valence-electron chi connectivity index (χ2n) is 13.1. The van der Waals surface area contributed by atoms with Crippen molar-refractivity contribution in [1.29, 1.82) is 0 Å². The van der Waals surface area contributed by atoms with Gasteiger partial charge in [0.1, 0.15) is 28.5 Å². The minimum Gasteiger partial charge on any atom is -0.309 e. The first-order valence-corrected chi connectivity index (χ1v) is 19.3. The van der Waals surface area contributed by atoms with Gasteiger partial charge in [0.25, 0.3) is 0 Å². The summed E-state index contributed by atoms with van der Waals surface area (Å²) in [6.07, 6.45) is 0. The van der Waals surface area contributed by atoms with Crippen molar-refractivity contribution in [2.45, 2.75) is 0 Å². The molecule has 0 aliphatic carbocycles. The van der Waals surface area contributed by atoms with E-state index in [1.54, 1.807) is 0 Å². The van der Waals surface area contributed by atoms with Crippen LogP contribution >= 0.6 is 7.26 Å². The van der Waals surface area contributed by atoms with Crippen molar-refractivity contribution in [2.75, 3.05) is 0 Å². The lowest BCUT2D eigenvalue weighted by Gasteiger charge is -2.28. The largest absolute Gasteiger partial charge is 0.309 e. The van der Waals surface area contributed by atoms with Gasteiger partial charge in [-0.25, -0.2) is 0 Å². The number of benzene rings is 8. The summed E-state index contributed by atoms with van der Waals surface area (Å²) in [5.41, 5.74) is 7.20. The fourth-order valence-electron chi connectivity index (χ4n) is 8.25. The van der Waals surface area contributed by atoms with E-state index in [0.29, 0.717) is 0 Å². The zero-order chi connectivity index (χ0) is 33.8. The standard InChI is InChI=1S/C48H34N2P/c1-5-17-35(18-6-1)49-45-27-15-13-25-41(45)43-33-39(29-31-47(43)49)51(37-21-9-3-10-22-37,38-23-11-4-12-24-38)40-30-32-48-44(34-40)42-26-14-16-28-46(42)50(48)36-19-7-2-8-20-36/h1-34H/q+1. The summed E-state index contributed by atoms with van der Waals surface area (Å²) in [6.45, 7) is 0. The van der Waals surface area contributed by atoms with Crippen LogP contribution in [-0.4, -0.2) is 9.13 Å². The van der Waals surface area contributed by atoms with Crippen LogP contribution < -0.4 is 21.2 Å². The lowest BCUT2D eigenvalue weighted by molar-refractivity contribution is 1.18. The number of rotatable bonds is 6. The number of nitrogens with zero attached hydrogens (tertiary/aromatic N) is 2. The molecule has 0 spiro atoms. The van der Waals surface area contributed by atoms with Crippen LogP contribution in [0.3, 0.4) is 0 Å². The monoisotopic (exact) mass is 669 g/mol. The topological polar surface area (TPSA) is 9.86 Å². The molecule has 0 atom stereocenters. The SMILES string of the molecule is c1ccc(-n2c3ccccc3c3cc([P+](c4ccccc4)(c4ccccc4)c4ccc5c(c4)c4ccccc4n5-c4ccccc4)ccc32)cc1. The number of hydrogen-bond acceptors (Lipinski definition) is 0. The molecule has 8 aromatic carbocycles. The molecular weight excluding hydrogens is 636 g/mol. The number of fused-ring (bicyclic) bond motifs is 6. The van der Waals surface area contributed by atoms with Crippen LogP contribution in [0.15, 0.2) is 206 Å². The lowest BCUT2D eigenvalue weighted by Crippen LogP contribution is -2.38. The van der Waals surface area contributed by atoms with Gasteiger partial charge in [-0.15, -0.1) is 0 Å². The third-order valence-corrected chi connectivity index (χ3v) is 14.7. The molecule has 0 aliphatic rings. The van der Waals surface area contributed by atoms with Crippen molar-refractivity contribution in [3.8, 4) is 11.4 Å². The fraction of sp³-hybridized carbons (Fsp3) is 0. The minimum atomic E-state index is -2.41. The van der Waals surface area contributed by atoms with E-state index in [4.69, 9.17) is 0 Å². The third kappa shape index (κ3) is 4.54. The highest BCUT2D eigenvalue weighted by Crippen LogP contribution is 2.55. The number of hydrogen-bond donors (Lipinski definition) is 0. The second-order valence-corrected chi connectivity index (χ2v) is 16.5. The zero-order valence-electron chi connectivity index (χ0n) is 28.0. The quantitative estimate of drug-likeness (QED) is 0.156. The Balaban J connectivity index is 1.32. The molecule has 51 heavy (non-hydrogen) atoms. The van der Waals surface area contributed by atoms with Gasteiger partial charge in [-0.05, 0) is 97.1 Å². The normalized spacial score (nSPS) is 11.9. The van der Waals surface area contributed by atoms with E-state index in [9.17, 15) is 0 Å². The second kappa shape index (κ2) is 12.0. The van der Waals surface area contributed by atoms with Crippen LogP contribution in [0.25, 0.3) is 55.0 Å². The van der Waals surface area contributed by atoms with Gasteiger partial charge in [-0.2, -0.15) is 0 Å². The first-order valence-electron chi connectivity index (χ1n) is 17.5. The lowest BCUT2D eigenvalue weighted by atomic mass is 10.1. The molecule has 2 nitrogen and oxygen atoms in total. The molecule has 0 amide bonds. The Morgan fingerprint density at radius 1 is 0.255 bits per heavy atom. The van der Waals surface area contributed by atoms with Gasteiger partial charge in [0.15, 0.2) is 0 Å². The summed E-state index contributed by atoms with van der Waals surface area (Å²) >= 11 is 0. The van der Waals surface area contributed by atoms with Gasteiger partial charge >= 0.3 is 0 Å². The summed E-state index contributed by atoms with van der Waals surface area (Å²) in [4.78, 5) is 0. The van der Waals surface area contributed by atoms with Crippen LogP contribution in [0.1, 0.15) is 0 Å². The highest BCUT2D eigenvalue weighted by Gasteiger charge is 2.48. The van der Waals surface area contributed by atoms with Gasteiger partial charge < -0.3 is 9.13 Å². The van der Waals surface area contributed by atoms with Crippen LogP contribution in [0.4, 0.5) is 0 Å². The molecule has 2 heterocycles. The van der Waals surface area contributed by atoms with Crippen molar-refractivity contribution >= 4 is 72.1 Å². The molecule has 0 unspecified atom stereocenters. The smallest absolute Gasteiger partial charge is 0.144 e. The molecule has 0 saturated heterocycles. The van der Waals surface area contributed by atoms with Crippen LogP contribution in [-0.2, 0) is 0 Å². The van der Waals surface area contributed by atoms with E-state index in [0.717, 1.165) is 0 Å². The summed E-state index contributed by atoms with van der Waals surface area (Å²) in [5.74, 6) is 0. The Bertz CT molecular complexity index is 2640. The molecule has 0 saturated carbocycles. The van der Waals surface area contributed by atoms with E-state index in [1.807, 2.05) is 0 Å². The van der Waals surface area contributed by atoms with Crippen molar-refractivity contribution < 1.29 is 0 Å². The van der Waals surface area contributed by atoms with E-state index in [-0.39, 0.29) is 0 Å². The Labute approximate surface area is 297 Å². The Morgan fingerprint density at radius 2 is 0.588 bits per heavy atom. The van der Waals surface area contributed by atoms with Gasteiger partial charge in [0.05, 0.1) is 22.1 Å². The van der Waals surface area contributed by atoms with Gasteiger partial charge in [-0.1, -0.05) is 109 Å². The Hall–Kier alpha value is -6.21. The summed E-state index contributed by atoms with van der Waals surface area (Å²) in [7, 11) is -2.41. The summed E-state index contributed by atoms with van der Waals surface area (Å²) in [6, 6.07) is 76.1. The van der Waals surface area contributed by atoms with Crippen molar-refractivity contribution in [3.05, 3.63) is 206 Å². The molecule has 0 aliphatic heterocycles. The van der Waals surface area contributed by atoms with Gasteiger partial charge in [0, 0.05) is 32.9 Å². The molecule has 10 rings (SSSR count). The van der Waals surface area contributed by atoms with Crippen molar-refractivity contribution in [2.24, 2.45) is 0 Å². The van der Waals surface area contributed by atoms with Gasteiger partial charge in [-0.3, -0.25) is 0 Å². The van der Waals surface area contributed by atoms with E-state index >= 15 is 0 Å². The first-order chi connectivity index (χ1) is 25.3. The molecule has 0 fully saturated rings. The van der Waals surface area contributed by atoms with Gasteiger partial charge in [0.2, 0.25) is 0 Å². The predicted octanol–water partition coefficient (Wildman–Crippen LogP) is 10.5. The van der Waals surface area contributed by atoms with E-state index in [1.165, 1.54) is 76.2 Å². The molecule has 0 N–H and O–H groups in total. The zero-order valence-corrected chi connectivity index (χ0v) is 28.9. The summed E-state index contributed by atoms with van der Waals surface area (Å²) in [5, 5.41) is 10.4. The molecule has 3 heteroatoms. The van der Waals surface area contributed by atoms with E-state index < -0.39 is 7.26 Å². The minimum absolute atomic E-state index is 1.17. The maximum absolute atomic E-state index is 2.50. The Morgan fingerprint density at radius 3 is 1.00 bits per heavy atom. The average Bonchev–Trinajstić information content (AvgIpc) is 3.72. The molecule has 0 radical (unpaired) electrons. The maximum Gasteiger partial charge on any atom is 0.144 e.